The summed E-state index contributed by atoms with van der Waals surface area (Å²) in [5, 5.41) is 8.37. The normalized spacial score (nSPS) is 11.1. The van der Waals surface area contributed by atoms with Crippen LogP contribution >= 0.6 is 15.9 Å². The van der Waals surface area contributed by atoms with Gasteiger partial charge in [-0.3, -0.25) is 0 Å². The van der Waals surface area contributed by atoms with Crippen molar-refractivity contribution in [3.8, 4) is 5.75 Å². The van der Waals surface area contributed by atoms with Gasteiger partial charge in [0, 0.05) is 6.08 Å². The lowest BCUT2D eigenvalue weighted by Gasteiger charge is -2.08. The van der Waals surface area contributed by atoms with E-state index in [1.807, 2.05) is 0 Å². The van der Waals surface area contributed by atoms with Gasteiger partial charge >= 0.3 is 12.6 Å². The average molecular weight is 311 g/mol. The molecule has 0 aliphatic rings. The molecule has 0 bridgehead atoms. The number of halogens is 4. The Kier molecular flexibility index (Phi) is 4.56. The average Bonchev–Trinajstić information content (AvgIpc) is 2.21. The lowest BCUT2D eigenvalue weighted by Crippen LogP contribution is -2.03. The molecule has 0 spiro atoms. The molecule has 0 aromatic heterocycles. The van der Waals surface area contributed by atoms with E-state index in [1.165, 1.54) is 0 Å². The first-order valence-electron chi connectivity index (χ1n) is 4.25. The van der Waals surface area contributed by atoms with Crippen molar-refractivity contribution in [2.45, 2.75) is 6.61 Å². The third-order valence-corrected chi connectivity index (χ3v) is 2.42. The van der Waals surface area contributed by atoms with Gasteiger partial charge in [-0.25, -0.2) is 9.18 Å². The third kappa shape index (κ3) is 4.10. The summed E-state index contributed by atoms with van der Waals surface area (Å²) < 4.78 is 41.1. The molecule has 0 amide bonds. The van der Waals surface area contributed by atoms with Crippen LogP contribution in [0.1, 0.15) is 5.56 Å². The number of aliphatic carboxylic acids is 1. The van der Waals surface area contributed by atoms with Crippen molar-refractivity contribution in [1.29, 1.82) is 0 Å². The van der Waals surface area contributed by atoms with Crippen molar-refractivity contribution in [3.05, 3.63) is 34.1 Å². The molecule has 1 aromatic rings. The SMILES string of the molecule is O=C(O)/C=C/c1cc(F)c(Br)c(OC(F)F)c1. The van der Waals surface area contributed by atoms with Crippen LogP contribution in [0, 0.1) is 5.82 Å². The van der Waals surface area contributed by atoms with Crippen molar-refractivity contribution >= 4 is 28.0 Å². The standard InChI is InChI=1S/C10H6BrF3O3/c11-9-6(12)3-5(1-2-8(15)16)4-7(9)17-10(13)14/h1-4,10H,(H,15,16)/b2-1+. The highest BCUT2D eigenvalue weighted by Gasteiger charge is 2.13. The smallest absolute Gasteiger partial charge is 0.387 e. The second kappa shape index (κ2) is 5.72. The summed E-state index contributed by atoms with van der Waals surface area (Å²) in [4.78, 5) is 10.2. The Labute approximate surface area is 103 Å². The Bertz CT molecular complexity index is 460. The molecule has 1 rings (SSSR count). The van der Waals surface area contributed by atoms with E-state index < -0.39 is 24.1 Å². The van der Waals surface area contributed by atoms with Crippen LogP contribution in [0.5, 0.6) is 5.75 Å². The molecule has 0 saturated carbocycles. The quantitative estimate of drug-likeness (QED) is 0.868. The van der Waals surface area contributed by atoms with E-state index in [0.717, 1.165) is 24.3 Å². The van der Waals surface area contributed by atoms with Crippen LogP contribution in [-0.4, -0.2) is 17.7 Å². The minimum Gasteiger partial charge on any atom is -0.478 e. The van der Waals surface area contributed by atoms with Crippen LogP contribution in [0.3, 0.4) is 0 Å². The Morgan fingerprint density at radius 3 is 2.65 bits per heavy atom. The largest absolute Gasteiger partial charge is 0.478 e. The van der Waals surface area contributed by atoms with E-state index in [9.17, 15) is 18.0 Å². The molecule has 0 unspecified atom stereocenters. The van der Waals surface area contributed by atoms with Crippen LogP contribution in [0.15, 0.2) is 22.7 Å². The number of hydrogen-bond acceptors (Lipinski definition) is 2. The molecular formula is C10H6BrF3O3. The highest BCUT2D eigenvalue weighted by molar-refractivity contribution is 9.10. The van der Waals surface area contributed by atoms with Crippen molar-refractivity contribution < 1.29 is 27.8 Å². The van der Waals surface area contributed by atoms with Gasteiger partial charge < -0.3 is 9.84 Å². The summed E-state index contributed by atoms with van der Waals surface area (Å²) in [6.07, 6.45) is 1.82. The molecule has 0 aliphatic heterocycles. The van der Waals surface area contributed by atoms with Gasteiger partial charge in [0.2, 0.25) is 0 Å². The Morgan fingerprint density at radius 2 is 2.12 bits per heavy atom. The fourth-order valence-corrected chi connectivity index (χ4v) is 1.35. The minimum atomic E-state index is -3.09. The number of carbonyl (C=O) groups is 1. The van der Waals surface area contributed by atoms with E-state index in [1.54, 1.807) is 0 Å². The number of benzene rings is 1. The fourth-order valence-electron chi connectivity index (χ4n) is 1.03. The van der Waals surface area contributed by atoms with E-state index >= 15 is 0 Å². The zero-order valence-corrected chi connectivity index (χ0v) is 9.75. The maximum absolute atomic E-state index is 13.3. The Hall–Kier alpha value is -1.50. The number of hydrogen-bond donors (Lipinski definition) is 1. The zero-order valence-electron chi connectivity index (χ0n) is 8.16. The summed E-state index contributed by atoms with van der Waals surface area (Å²) in [5.41, 5.74) is 0.101. The van der Waals surface area contributed by atoms with Crippen molar-refractivity contribution in [1.82, 2.24) is 0 Å². The second-order valence-electron chi connectivity index (χ2n) is 2.86. The molecule has 1 N–H and O–H groups in total. The minimum absolute atomic E-state index is 0.101. The first kappa shape index (κ1) is 13.6. The second-order valence-corrected chi connectivity index (χ2v) is 3.66. The molecule has 0 atom stereocenters. The number of alkyl halides is 2. The predicted molar refractivity (Wildman–Crippen MR) is 57.4 cm³/mol. The highest BCUT2D eigenvalue weighted by Crippen LogP contribution is 2.31. The van der Waals surface area contributed by atoms with Gasteiger partial charge in [0.1, 0.15) is 11.6 Å². The predicted octanol–water partition coefficient (Wildman–Crippen LogP) is 3.29. The van der Waals surface area contributed by atoms with Gasteiger partial charge in [0.25, 0.3) is 0 Å². The van der Waals surface area contributed by atoms with Crippen LogP contribution in [0.2, 0.25) is 0 Å². The number of rotatable bonds is 4. The summed E-state index contributed by atoms with van der Waals surface area (Å²) in [6.45, 7) is -3.09. The molecule has 0 heterocycles. The summed E-state index contributed by atoms with van der Waals surface area (Å²) in [5.74, 6) is -2.46. The van der Waals surface area contributed by atoms with Crippen molar-refractivity contribution in [2.24, 2.45) is 0 Å². The maximum atomic E-state index is 13.3. The molecule has 7 heteroatoms. The highest BCUT2D eigenvalue weighted by atomic mass is 79.9. The molecule has 3 nitrogen and oxygen atoms in total. The van der Waals surface area contributed by atoms with Gasteiger partial charge in [0.15, 0.2) is 0 Å². The van der Waals surface area contributed by atoms with Crippen molar-refractivity contribution in [3.63, 3.8) is 0 Å². The van der Waals surface area contributed by atoms with E-state index in [-0.39, 0.29) is 10.0 Å². The van der Waals surface area contributed by atoms with Gasteiger partial charge in [-0.2, -0.15) is 8.78 Å². The molecule has 0 saturated heterocycles. The van der Waals surface area contributed by atoms with Gasteiger partial charge in [-0.1, -0.05) is 0 Å². The lowest BCUT2D eigenvalue weighted by molar-refractivity contribution is -0.131. The number of ether oxygens (including phenoxy) is 1. The molecular weight excluding hydrogens is 305 g/mol. The van der Waals surface area contributed by atoms with E-state index in [4.69, 9.17) is 5.11 Å². The summed E-state index contributed by atoms with van der Waals surface area (Å²) >= 11 is 2.75. The molecule has 1 aromatic carbocycles. The summed E-state index contributed by atoms with van der Waals surface area (Å²) in [7, 11) is 0. The Balaban J connectivity index is 3.09. The topological polar surface area (TPSA) is 46.5 Å². The lowest BCUT2D eigenvalue weighted by atomic mass is 10.2. The van der Waals surface area contributed by atoms with Crippen molar-refractivity contribution in [2.75, 3.05) is 0 Å². The van der Waals surface area contributed by atoms with Gasteiger partial charge in [-0.15, -0.1) is 0 Å². The first-order valence-corrected chi connectivity index (χ1v) is 5.04. The zero-order chi connectivity index (χ0) is 13.0. The molecule has 0 fully saturated rings. The first-order chi connectivity index (χ1) is 7.90. The van der Waals surface area contributed by atoms with Crippen LogP contribution < -0.4 is 4.74 Å². The van der Waals surface area contributed by atoms with Gasteiger partial charge in [0.05, 0.1) is 4.47 Å². The van der Waals surface area contributed by atoms with Crippen LogP contribution in [0.25, 0.3) is 6.08 Å². The van der Waals surface area contributed by atoms with Gasteiger partial charge in [-0.05, 0) is 39.7 Å². The number of carboxylic acids is 1. The maximum Gasteiger partial charge on any atom is 0.387 e. The third-order valence-electron chi connectivity index (χ3n) is 1.65. The fraction of sp³-hybridized carbons (Fsp3) is 0.100. The summed E-state index contributed by atoms with van der Waals surface area (Å²) in [6, 6.07) is 2.08. The molecule has 0 aliphatic carbocycles. The van der Waals surface area contributed by atoms with E-state index in [0.29, 0.717) is 0 Å². The number of carboxylic acid groups (broad SMARTS) is 1. The van der Waals surface area contributed by atoms with Crippen LogP contribution in [0.4, 0.5) is 13.2 Å². The molecule has 92 valence electrons. The monoisotopic (exact) mass is 310 g/mol. The Morgan fingerprint density at radius 1 is 1.47 bits per heavy atom. The van der Waals surface area contributed by atoms with E-state index in [2.05, 4.69) is 20.7 Å². The molecule has 17 heavy (non-hydrogen) atoms. The van der Waals surface area contributed by atoms with Crippen LogP contribution in [-0.2, 0) is 4.79 Å². The molecule has 0 radical (unpaired) electrons.